The maximum absolute atomic E-state index is 13.4. The largest absolute Gasteiger partial charge is 0.598 e. The van der Waals surface area contributed by atoms with Crippen molar-refractivity contribution in [3.8, 4) is 17.3 Å². The Balaban J connectivity index is 1.48. The molecule has 9 nitrogen and oxygen atoms in total. The Morgan fingerprint density at radius 3 is 2.51 bits per heavy atom. The number of nitriles is 1. The molecular formula is C22H23FN8OS3. The number of thiazole rings is 1. The fourth-order valence-corrected chi connectivity index (χ4v) is 6.52. The third-order valence-corrected chi connectivity index (χ3v) is 8.98. The average molecular weight is 531 g/mol. The summed E-state index contributed by atoms with van der Waals surface area (Å²) < 4.78 is 29.0. The number of aromatic nitrogens is 4. The van der Waals surface area contributed by atoms with E-state index in [1.807, 2.05) is 27.7 Å². The number of fused-ring (bicyclic) bond motifs is 1. The molecule has 4 heterocycles. The molecule has 1 atom stereocenters. The molecule has 0 amide bonds. The summed E-state index contributed by atoms with van der Waals surface area (Å²) >= 11 is 1.84. The van der Waals surface area contributed by atoms with Crippen LogP contribution in [0.2, 0.25) is 0 Å². The second-order valence-electron chi connectivity index (χ2n) is 8.01. The maximum Gasteiger partial charge on any atom is 0.216 e. The third kappa shape index (κ3) is 4.48. The van der Waals surface area contributed by atoms with Crippen LogP contribution in [0.15, 0.2) is 24.3 Å². The van der Waals surface area contributed by atoms with Crippen molar-refractivity contribution in [2.24, 2.45) is 0 Å². The van der Waals surface area contributed by atoms with E-state index in [-0.39, 0.29) is 5.82 Å². The fraction of sp³-hybridized carbons (Fsp3) is 0.364. The van der Waals surface area contributed by atoms with Gasteiger partial charge in [0.25, 0.3) is 0 Å². The van der Waals surface area contributed by atoms with E-state index in [0.29, 0.717) is 27.7 Å². The van der Waals surface area contributed by atoms with Crippen LogP contribution >= 0.6 is 22.7 Å². The van der Waals surface area contributed by atoms with E-state index >= 15 is 0 Å². The molecule has 3 aromatic heterocycles. The first kappa shape index (κ1) is 24.0. The molecule has 1 saturated heterocycles. The van der Waals surface area contributed by atoms with Gasteiger partial charge in [-0.25, -0.2) is 14.4 Å². The van der Waals surface area contributed by atoms with Gasteiger partial charge in [0.2, 0.25) is 10.1 Å². The van der Waals surface area contributed by atoms with Crippen molar-refractivity contribution in [2.75, 3.05) is 49.3 Å². The second-order valence-corrected chi connectivity index (χ2v) is 11.3. The molecule has 1 aliphatic heterocycles. The minimum atomic E-state index is -0.964. The minimum Gasteiger partial charge on any atom is -0.598 e. The van der Waals surface area contributed by atoms with Gasteiger partial charge in [-0.15, -0.1) is 9.40 Å². The standard InChI is InChI=1S/C22H23FN8OS3/c1-4-16-19(28(2)20-26-18(17(13-24)33-20)14-5-7-15(23)8-6-14)31-21(25-16)34-22(27-31)29-9-11-30(12-10-29)35(3)32/h5-8H,4,9-12H2,1-3H3. The summed E-state index contributed by atoms with van der Waals surface area (Å²) in [6.07, 6.45) is 2.42. The first-order valence-electron chi connectivity index (χ1n) is 11.0. The van der Waals surface area contributed by atoms with E-state index in [1.165, 1.54) is 34.8 Å². The topological polar surface area (TPSA) is 99.7 Å². The Kier molecular flexibility index (Phi) is 6.65. The molecule has 5 rings (SSSR count). The van der Waals surface area contributed by atoms with Gasteiger partial charge in [-0.1, -0.05) is 29.6 Å². The molecule has 1 fully saturated rings. The summed E-state index contributed by atoms with van der Waals surface area (Å²) in [4.78, 5) is 14.9. The van der Waals surface area contributed by atoms with Crippen LogP contribution in [0.25, 0.3) is 16.2 Å². The Morgan fingerprint density at radius 2 is 1.89 bits per heavy atom. The lowest BCUT2D eigenvalue weighted by molar-refractivity contribution is 0.387. The van der Waals surface area contributed by atoms with Crippen LogP contribution in [0.1, 0.15) is 17.5 Å². The van der Waals surface area contributed by atoms with E-state index in [4.69, 9.17) is 15.1 Å². The number of hydrogen-bond donors (Lipinski definition) is 0. The van der Waals surface area contributed by atoms with Crippen LogP contribution in [0.3, 0.4) is 0 Å². The van der Waals surface area contributed by atoms with Gasteiger partial charge in [-0.2, -0.15) is 9.78 Å². The van der Waals surface area contributed by atoms with Crippen molar-refractivity contribution >= 4 is 55.1 Å². The first-order chi connectivity index (χ1) is 16.9. The summed E-state index contributed by atoms with van der Waals surface area (Å²) in [7, 11) is 1.89. The molecule has 35 heavy (non-hydrogen) atoms. The van der Waals surface area contributed by atoms with Crippen LogP contribution in [0, 0.1) is 17.1 Å². The van der Waals surface area contributed by atoms with E-state index in [2.05, 4.69) is 11.0 Å². The van der Waals surface area contributed by atoms with Gasteiger partial charge in [-0.05, 0) is 30.7 Å². The predicted octanol–water partition coefficient (Wildman–Crippen LogP) is 3.67. The third-order valence-electron chi connectivity index (χ3n) is 5.89. The zero-order chi connectivity index (χ0) is 24.7. The molecule has 1 aliphatic rings. The van der Waals surface area contributed by atoms with Gasteiger partial charge in [0.1, 0.15) is 28.7 Å². The van der Waals surface area contributed by atoms with Gasteiger partial charge in [0, 0.05) is 37.1 Å². The molecule has 0 spiro atoms. The van der Waals surface area contributed by atoms with Crippen molar-refractivity contribution in [1.29, 1.82) is 5.26 Å². The summed E-state index contributed by atoms with van der Waals surface area (Å²) in [5.74, 6) is 0.472. The van der Waals surface area contributed by atoms with Crippen molar-refractivity contribution < 1.29 is 8.94 Å². The first-order valence-corrected chi connectivity index (χ1v) is 14.2. The molecule has 0 N–H and O–H groups in total. The van der Waals surface area contributed by atoms with Crippen molar-refractivity contribution in [3.63, 3.8) is 0 Å². The molecular weight excluding hydrogens is 507 g/mol. The number of imidazole rings is 1. The van der Waals surface area contributed by atoms with Gasteiger partial charge in [0.15, 0.2) is 10.9 Å². The number of benzene rings is 1. The van der Waals surface area contributed by atoms with Crippen molar-refractivity contribution in [1.82, 2.24) is 23.9 Å². The van der Waals surface area contributed by atoms with Gasteiger partial charge >= 0.3 is 0 Å². The van der Waals surface area contributed by atoms with Gasteiger partial charge in [0.05, 0.1) is 18.8 Å². The number of hydrogen-bond acceptors (Lipinski definition) is 10. The molecule has 0 bridgehead atoms. The quantitative estimate of drug-likeness (QED) is 0.348. The molecule has 182 valence electrons. The normalized spacial score (nSPS) is 15.5. The number of nitrogens with zero attached hydrogens (tertiary/aromatic N) is 8. The number of halogens is 1. The predicted molar refractivity (Wildman–Crippen MR) is 138 cm³/mol. The second kappa shape index (κ2) is 9.71. The highest BCUT2D eigenvalue weighted by atomic mass is 32.2. The Hall–Kier alpha value is -2.76. The zero-order valence-electron chi connectivity index (χ0n) is 19.4. The van der Waals surface area contributed by atoms with Crippen LogP contribution < -0.4 is 9.80 Å². The number of piperazine rings is 1. The summed E-state index contributed by atoms with van der Waals surface area (Å²) in [6, 6.07) is 8.21. The van der Waals surface area contributed by atoms with E-state index in [0.717, 1.165) is 47.8 Å². The van der Waals surface area contributed by atoms with Gasteiger partial charge in [-0.3, -0.25) is 0 Å². The van der Waals surface area contributed by atoms with Gasteiger partial charge < -0.3 is 14.4 Å². The maximum atomic E-state index is 13.4. The van der Waals surface area contributed by atoms with Crippen molar-refractivity contribution in [3.05, 3.63) is 40.7 Å². The van der Waals surface area contributed by atoms with Crippen LogP contribution in [-0.4, -0.2) is 67.9 Å². The number of aryl methyl sites for hydroxylation is 1. The Morgan fingerprint density at radius 1 is 1.17 bits per heavy atom. The molecule has 1 aromatic carbocycles. The molecule has 0 radical (unpaired) electrons. The number of rotatable bonds is 6. The highest BCUT2D eigenvalue weighted by Crippen LogP contribution is 2.38. The lowest BCUT2D eigenvalue weighted by Crippen LogP contribution is -2.48. The smallest absolute Gasteiger partial charge is 0.216 e. The lowest BCUT2D eigenvalue weighted by Gasteiger charge is -2.32. The van der Waals surface area contributed by atoms with Crippen LogP contribution in [-0.2, 0) is 17.8 Å². The van der Waals surface area contributed by atoms with Crippen LogP contribution in [0.4, 0.5) is 20.5 Å². The highest BCUT2D eigenvalue weighted by Gasteiger charge is 2.28. The molecule has 0 saturated carbocycles. The lowest BCUT2D eigenvalue weighted by atomic mass is 10.1. The fourth-order valence-electron chi connectivity index (χ4n) is 4.03. The Bertz CT molecular complexity index is 1380. The number of anilines is 3. The summed E-state index contributed by atoms with van der Waals surface area (Å²) in [5.41, 5.74) is 2.11. The zero-order valence-corrected chi connectivity index (χ0v) is 21.9. The average Bonchev–Trinajstić information content (AvgIpc) is 3.56. The van der Waals surface area contributed by atoms with Crippen molar-refractivity contribution in [2.45, 2.75) is 13.3 Å². The summed E-state index contributed by atoms with van der Waals surface area (Å²) in [6.45, 7) is 4.99. The van der Waals surface area contributed by atoms with E-state index < -0.39 is 11.4 Å². The Labute approximate surface area is 213 Å². The SMILES string of the molecule is CCc1nc2sc(N3CCN([S+](C)[O-])CC3)nn2c1N(C)c1nc(-c2ccc(F)cc2)c(C#N)s1. The molecule has 13 heteroatoms. The monoisotopic (exact) mass is 530 g/mol. The minimum absolute atomic E-state index is 0.335. The van der Waals surface area contributed by atoms with Crippen LogP contribution in [0.5, 0.6) is 0 Å². The summed E-state index contributed by atoms with van der Waals surface area (Å²) in [5, 5.41) is 16.1. The molecule has 1 unspecified atom stereocenters. The van der Waals surface area contributed by atoms with E-state index in [9.17, 15) is 14.2 Å². The molecule has 4 aromatic rings. The molecule has 0 aliphatic carbocycles. The van der Waals surface area contributed by atoms with E-state index in [1.54, 1.807) is 18.4 Å². The highest BCUT2D eigenvalue weighted by molar-refractivity contribution is 7.88.